The molecule has 1 aliphatic heterocycles. The van der Waals surface area contributed by atoms with E-state index < -0.39 is 0 Å². The number of hydrogen-bond acceptors (Lipinski definition) is 3. The summed E-state index contributed by atoms with van der Waals surface area (Å²) in [5, 5.41) is 8.91. The Morgan fingerprint density at radius 3 is 2.90 bits per heavy atom. The Hall–Kier alpha value is -2.17. The van der Waals surface area contributed by atoms with E-state index in [0.717, 1.165) is 22.5 Å². The molecule has 3 rings (SSSR count). The van der Waals surface area contributed by atoms with Crippen molar-refractivity contribution < 1.29 is 4.79 Å². The van der Waals surface area contributed by atoms with Crippen LogP contribution in [0.5, 0.6) is 0 Å². The Morgan fingerprint density at radius 2 is 2.20 bits per heavy atom. The largest absolute Gasteiger partial charge is 0.273 e. The van der Waals surface area contributed by atoms with Crippen molar-refractivity contribution in [2.45, 2.75) is 33.1 Å². The second-order valence-electron chi connectivity index (χ2n) is 5.59. The molecule has 1 aliphatic rings. The van der Waals surface area contributed by atoms with Gasteiger partial charge in [-0.1, -0.05) is 26.8 Å². The van der Waals surface area contributed by atoms with Gasteiger partial charge < -0.3 is 0 Å². The van der Waals surface area contributed by atoms with Crippen molar-refractivity contribution in [3.8, 4) is 0 Å². The maximum atomic E-state index is 11.6. The summed E-state index contributed by atoms with van der Waals surface area (Å²) in [6, 6.07) is 5.99. The standard InChI is InChI=1S/C15H18N4O/c1-9(2)14-13(11-8-10(3)15(20)17-16-11)12-6-4-5-7-19(12)18-14/h4-7,9-10H,8H2,1-3H3,(H,17,20). The molecule has 1 amide bonds. The van der Waals surface area contributed by atoms with Crippen molar-refractivity contribution in [3.63, 3.8) is 0 Å². The normalized spacial score (nSPS) is 19.3. The van der Waals surface area contributed by atoms with Crippen molar-refractivity contribution in [1.82, 2.24) is 15.0 Å². The minimum atomic E-state index is -0.0545. The SMILES string of the molecule is CC1CC(c2c(C(C)C)nn3ccccc23)=NNC1=O. The van der Waals surface area contributed by atoms with Crippen LogP contribution in [0.25, 0.3) is 5.52 Å². The first-order chi connectivity index (χ1) is 9.58. The molecule has 0 saturated carbocycles. The van der Waals surface area contributed by atoms with E-state index in [4.69, 9.17) is 0 Å². The van der Waals surface area contributed by atoms with Gasteiger partial charge in [-0.05, 0) is 18.1 Å². The molecule has 0 radical (unpaired) electrons. The number of rotatable bonds is 2. The van der Waals surface area contributed by atoms with Crippen molar-refractivity contribution in [3.05, 3.63) is 35.7 Å². The fourth-order valence-electron chi connectivity index (χ4n) is 2.54. The minimum Gasteiger partial charge on any atom is -0.273 e. The first-order valence-corrected chi connectivity index (χ1v) is 6.92. The summed E-state index contributed by atoms with van der Waals surface area (Å²) in [5.41, 5.74) is 6.66. The lowest BCUT2D eigenvalue weighted by Gasteiger charge is -2.18. The molecule has 20 heavy (non-hydrogen) atoms. The monoisotopic (exact) mass is 270 g/mol. The molecule has 5 nitrogen and oxygen atoms in total. The zero-order valence-electron chi connectivity index (χ0n) is 11.9. The summed E-state index contributed by atoms with van der Waals surface area (Å²) >= 11 is 0. The van der Waals surface area contributed by atoms with E-state index in [1.807, 2.05) is 35.8 Å². The predicted molar refractivity (Wildman–Crippen MR) is 77.7 cm³/mol. The molecule has 104 valence electrons. The number of amides is 1. The van der Waals surface area contributed by atoms with Crippen LogP contribution in [0.1, 0.15) is 44.4 Å². The molecule has 3 heterocycles. The van der Waals surface area contributed by atoms with Gasteiger partial charge in [-0.25, -0.2) is 9.94 Å². The molecule has 1 unspecified atom stereocenters. The number of hydrogen-bond donors (Lipinski definition) is 1. The third-order valence-electron chi connectivity index (χ3n) is 3.65. The van der Waals surface area contributed by atoms with Crippen molar-refractivity contribution in [2.24, 2.45) is 11.0 Å². The molecule has 0 fully saturated rings. The molecular weight excluding hydrogens is 252 g/mol. The minimum absolute atomic E-state index is 0.0173. The van der Waals surface area contributed by atoms with E-state index in [2.05, 4.69) is 29.5 Å². The Kier molecular flexibility index (Phi) is 3.04. The number of pyridine rings is 1. The first-order valence-electron chi connectivity index (χ1n) is 6.92. The van der Waals surface area contributed by atoms with Crippen LogP contribution in [-0.2, 0) is 4.79 Å². The van der Waals surface area contributed by atoms with Gasteiger partial charge in [0.2, 0.25) is 5.91 Å². The van der Waals surface area contributed by atoms with Crippen LogP contribution in [-0.4, -0.2) is 21.2 Å². The fraction of sp³-hybridized carbons (Fsp3) is 0.400. The molecule has 5 heteroatoms. The van der Waals surface area contributed by atoms with Crippen molar-refractivity contribution in [1.29, 1.82) is 0 Å². The number of nitrogens with zero attached hydrogens (tertiary/aromatic N) is 3. The highest BCUT2D eigenvalue weighted by atomic mass is 16.2. The molecular formula is C15H18N4O. The second kappa shape index (κ2) is 4.74. The Morgan fingerprint density at radius 1 is 1.40 bits per heavy atom. The Bertz CT molecular complexity index is 699. The molecule has 2 aromatic heterocycles. The molecule has 2 aromatic rings. The van der Waals surface area contributed by atoms with Gasteiger partial charge in [0.15, 0.2) is 0 Å². The number of carbonyl (C=O) groups excluding carboxylic acids is 1. The molecule has 1 N–H and O–H groups in total. The van der Waals surface area contributed by atoms with E-state index in [1.165, 1.54) is 0 Å². The highest BCUT2D eigenvalue weighted by molar-refractivity contribution is 6.10. The zero-order chi connectivity index (χ0) is 14.3. The van der Waals surface area contributed by atoms with Crippen molar-refractivity contribution in [2.75, 3.05) is 0 Å². The van der Waals surface area contributed by atoms with Crippen LogP contribution >= 0.6 is 0 Å². The summed E-state index contributed by atoms with van der Waals surface area (Å²) < 4.78 is 1.88. The lowest BCUT2D eigenvalue weighted by atomic mass is 9.93. The van der Waals surface area contributed by atoms with Gasteiger partial charge in [0.05, 0.1) is 16.9 Å². The average Bonchev–Trinajstić information content (AvgIpc) is 2.81. The summed E-state index contributed by atoms with van der Waals surface area (Å²) in [5.74, 6) is 0.234. The van der Waals surface area contributed by atoms with Gasteiger partial charge in [0.25, 0.3) is 0 Å². The Labute approximate surface area is 117 Å². The average molecular weight is 270 g/mol. The zero-order valence-corrected chi connectivity index (χ0v) is 11.9. The van der Waals surface area contributed by atoms with Crippen LogP contribution in [0.3, 0.4) is 0 Å². The van der Waals surface area contributed by atoms with Crippen LogP contribution < -0.4 is 5.43 Å². The second-order valence-corrected chi connectivity index (χ2v) is 5.59. The van der Waals surface area contributed by atoms with E-state index in [1.54, 1.807) is 0 Å². The summed E-state index contributed by atoms with van der Waals surface area (Å²) in [6.07, 6.45) is 2.60. The molecule has 0 saturated heterocycles. The number of nitrogens with one attached hydrogen (secondary N) is 1. The number of carbonyl (C=O) groups is 1. The van der Waals surface area contributed by atoms with E-state index >= 15 is 0 Å². The van der Waals surface area contributed by atoms with Gasteiger partial charge in [-0.2, -0.15) is 10.2 Å². The first kappa shape index (κ1) is 12.8. The van der Waals surface area contributed by atoms with E-state index in [9.17, 15) is 4.79 Å². The highest BCUT2D eigenvalue weighted by Crippen LogP contribution is 2.26. The molecule has 0 aliphatic carbocycles. The van der Waals surface area contributed by atoms with E-state index in [-0.39, 0.29) is 11.8 Å². The van der Waals surface area contributed by atoms with Gasteiger partial charge in [-0.15, -0.1) is 0 Å². The maximum absolute atomic E-state index is 11.6. The molecule has 0 aromatic carbocycles. The van der Waals surface area contributed by atoms with Gasteiger partial charge >= 0.3 is 0 Å². The van der Waals surface area contributed by atoms with Crippen LogP contribution in [0.2, 0.25) is 0 Å². The van der Waals surface area contributed by atoms with Crippen molar-refractivity contribution >= 4 is 17.1 Å². The summed E-state index contributed by atoms with van der Waals surface area (Å²) in [6.45, 7) is 6.16. The lowest BCUT2D eigenvalue weighted by molar-refractivity contribution is -0.124. The lowest BCUT2D eigenvalue weighted by Crippen LogP contribution is -2.33. The number of fused-ring (bicyclic) bond motifs is 1. The maximum Gasteiger partial charge on any atom is 0.243 e. The fourth-order valence-corrected chi connectivity index (χ4v) is 2.54. The third kappa shape index (κ3) is 1.99. The van der Waals surface area contributed by atoms with Crippen LogP contribution in [0, 0.1) is 5.92 Å². The Balaban J connectivity index is 2.19. The number of hydrazone groups is 1. The summed E-state index contributed by atoms with van der Waals surface area (Å²) in [4.78, 5) is 11.6. The van der Waals surface area contributed by atoms with E-state index in [0.29, 0.717) is 12.3 Å². The predicted octanol–water partition coefficient (Wildman–Crippen LogP) is 2.32. The van der Waals surface area contributed by atoms with Gasteiger partial charge in [0, 0.05) is 24.1 Å². The third-order valence-corrected chi connectivity index (χ3v) is 3.65. The van der Waals surface area contributed by atoms with Gasteiger partial charge in [-0.3, -0.25) is 4.79 Å². The quantitative estimate of drug-likeness (QED) is 0.910. The summed E-state index contributed by atoms with van der Waals surface area (Å²) in [7, 11) is 0. The smallest absolute Gasteiger partial charge is 0.243 e. The topological polar surface area (TPSA) is 58.8 Å². The number of aromatic nitrogens is 2. The van der Waals surface area contributed by atoms with Gasteiger partial charge in [0.1, 0.15) is 0 Å². The molecule has 1 atom stereocenters. The highest BCUT2D eigenvalue weighted by Gasteiger charge is 2.26. The van der Waals surface area contributed by atoms with Crippen LogP contribution in [0.4, 0.5) is 0 Å². The molecule has 0 bridgehead atoms. The van der Waals surface area contributed by atoms with Crippen LogP contribution in [0.15, 0.2) is 29.5 Å². The molecule has 0 spiro atoms.